The van der Waals surface area contributed by atoms with Crippen LogP contribution in [0.25, 0.3) is 0 Å². The molecule has 0 saturated heterocycles. The minimum Gasteiger partial charge on any atom is -0.507 e. The lowest BCUT2D eigenvalue weighted by molar-refractivity contribution is 0.439. The number of nitrogens with one attached hydrogen (secondary N) is 1. The smallest absolute Gasteiger partial charge is 0.124 e. The van der Waals surface area contributed by atoms with Crippen LogP contribution in [0.2, 0.25) is 0 Å². The fourth-order valence-corrected chi connectivity index (χ4v) is 2.18. The number of phenolic OH excluding ortho intramolecular Hbond substituents is 3. The van der Waals surface area contributed by atoms with E-state index in [1.54, 1.807) is 79.1 Å². The third kappa shape index (κ3) is 10.9. The molecule has 0 fully saturated rings. The van der Waals surface area contributed by atoms with Gasteiger partial charge in [-0.25, -0.2) is 0 Å². The Bertz CT molecular complexity index is 1050. The third-order valence-electron chi connectivity index (χ3n) is 3.78. The van der Waals surface area contributed by atoms with Crippen LogP contribution in [0.3, 0.4) is 0 Å². The molecular formula is C24H30N6O3. The molecule has 0 spiro atoms. The van der Waals surface area contributed by atoms with Crippen molar-refractivity contribution in [2.24, 2.45) is 21.1 Å². The first-order valence-corrected chi connectivity index (χ1v) is 9.87. The Balaban J connectivity index is 0.000000249. The summed E-state index contributed by atoms with van der Waals surface area (Å²) in [5.74, 6) is 5.57. The zero-order valence-corrected chi connectivity index (χ0v) is 18.9. The molecule has 9 heteroatoms. The summed E-state index contributed by atoms with van der Waals surface area (Å²) in [6.45, 7) is 0. The molecule has 3 aromatic rings. The van der Waals surface area contributed by atoms with Crippen LogP contribution in [-0.2, 0) is 0 Å². The first-order valence-electron chi connectivity index (χ1n) is 9.87. The van der Waals surface area contributed by atoms with Crippen molar-refractivity contribution in [1.82, 2.24) is 10.4 Å². The molecule has 174 valence electrons. The fraction of sp³-hybridized carbons (Fsp3) is 0.125. The van der Waals surface area contributed by atoms with Gasteiger partial charge in [0.15, 0.2) is 0 Å². The van der Waals surface area contributed by atoms with Crippen LogP contribution in [0.15, 0.2) is 88.1 Å². The molecule has 0 bridgehead atoms. The molecule has 0 atom stereocenters. The second-order valence-corrected chi connectivity index (χ2v) is 6.53. The van der Waals surface area contributed by atoms with Crippen molar-refractivity contribution < 1.29 is 15.3 Å². The van der Waals surface area contributed by atoms with E-state index in [9.17, 15) is 10.2 Å². The molecule has 9 nitrogen and oxygen atoms in total. The zero-order valence-electron chi connectivity index (χ0n) is 18.9. The highest BCUT2D eigenvalue weighted by Crippen LogP contribution is 2.13. The van der Waals surface area contributed by atoms with Gasteiger partial charge in [0.1, 0.15) is 17.2 Å². The second kappa shape index (κ2) is 15.3. The standard InChI is InChI=1S/C9H12N2O.C8H10N2O.C7H8N2O/c1-11(2)10-7-8-5-3-4-6-9(8)12;1-9-10-6-7-4-2-3-5-8(7)11;8-9-5-6-3-1-2-4-7(6)10/h3-7,12H,1-2H3;2-6,9,11H,1H3;1-5,10H,8H2/b10-7+;10-6+;9-5+. The van der Waals surface area contributed by atoms with Gasteiger partial charge in [0.25, 0.3) is 0 Å². The van der Waals surface area contributed by atoms with Crippen molar-refractivity contribution in [3.63, 3.8) is 0 Å². The van der Waals surface area contributed by atoms with Crippen LogP contribution in [-0.4, -0.2) is 60.1 Å². The number of hydrogen-bond acceptors (Lipinski definition) is 9. The van der Waals surface area contributed by atoms with E-state index in [0.717, 1.165) is 5.56 Å². The quantitative estimate of drug-likeness (QED) is 0.230. The summed E-state index contributed by atoms with van der Waals surface area (Å²) < 4.78 is 0. The largest absolute Gasteiger partial charge is 0.507 e. The van der Waals surface area contributed by atoms with Crippen LogP contribution in [0, 0.1) is 0 Å². The molecule has 3 rings (SSSR count). The summed E-state index contributed by atoms with van der Waals surface area (Å²) in [7, 11) is 5.36. The van der Waals surface area contributed by atoms with E-state index in [2.05, 4.69) is 20.7 Å². The molecule has 0 amide bonds. The predicted octanol–water partition coefficient (Wildman–Crippen LogP) is 2.92. The molecule has 0 radical (unpaired) electrons. The number of para-hydroxylation sites is 3. The normalized spacial score (nSPS) is 10.4. The molecule has 3 aromatic carbocycles. The van der Waals surface area contributed by atoms with Crippen LogP contribution in [0.1, 0.15) is 16.7 Å². The van der Waals surface area contributed by atoms with Crippen LogP contribution in [0.5, 0.6) is 17.2 Å². The van der Waals surface area contributed by atoms with Gasteiger partial charge in [-0.2, -0.15) is 15.3 Å². The van der Waals surface area contributed by atoms with Crippen molar-refractivity contribution in [3.8, 4) is 17.2 Å². The van der Waals surface area contributed by atoms with Gasteiger partial charge in [0, 0.05) is 37.8 Å². The van der Waals surface area contributed by atoms with Gasteiger partial charge in [-0.05, 0) is 36.4 Å². The Kier molecular flexibility index (Phi) is 12.3. The average Bonchev–Trinajstić information content (AvgIpc) is 2.80. The zero-order chi connectivity index (χ0) is 24.5. The fourth-order valence-electron chi connectivity index (χ4n) is 2.18. The lowest BCUT2D eigenvalue weighted by Gasteiger charge is -2.02. The second-order valence-electron chi connectivity index (χ2n) is 6.53. The van der Waals surface area contributed by atoms with Gasteiger partial charge in [0.05, 0.1) is 18.6 Å². The Labute approximate surface area is 193 Å². The molecular weight excluding hydrogens is 420 g/mol. The Morgan fingerprint density at radius 1 is 0.697 bits per heavy atom. The molecule has 6 N–H and O–H groups in total. The van der Waals surface area contributed by atoms with E-state index in [1.165, 1.54) is 6.21 Å². The predicted molar refractivity (Wildman–Crippen MR) is 134 cm³/mol. The Hall–Kier alpha value is -4.53. The van der Waals surface area contributed by atoms with E-state index in [0.29, 0.717) is 11.1 Å². The molecule has 0 aromatic heterocycles. The highest BCUT2D eigenvalue weighted by Gasteiger charge is 1.94. The minimum atomic E-state index is 0.191. The van der Waals surface area contributed by atoms with E-state index < -0.39 is 0 Å². The Morgan fingerprint density at radius 2 is 1.09 bits per heavy atom. The summed E-state index contributed by atoms with van der Waals surface area (Å²) in [4.78, 5) is 0. The van der Waals surface area contributed by atoms with Crippen LogP contribution < -0.4 is 11.3 Å². The number of phenols is 3. The van der Waals surface area contributed by atoms with Gasteiger partial charge in [-0.3, -0.25) is 0 Å². The summed E-state index contributed by atoms with van der Waals surface area (Å²) in [5.41, 5.74) is 4.67. The maximum atomic E-state index is 9.31. The number of aromatic hydroxyl groups is 3. The molecule has 0 aliphatic heterocycles. The number of benzene rings is 3. The minimum absolute atomic E-state index is 0.191. The summed E-state index contributed by atoms with van der Waals surface area (Å²) in [5, 5.41) is 40.4. The molecule has 0 saturated carbocycles. The lowest BCUT2D eigenvalue weighted by Crippen LogP contribution is -2.01. The molecule has 0 aliphatic rings. The summed E-state index contributed by atoms with van der Waals surface area (Å²) >= 11 is 0. The molecule has 0 aliphatic carbocycles. The molecule has 33 heavy (non-hydrogen) atoms. The first kappa shape index (κ1) is 26.5. The van der Waals surface area contributed by atoms with E-state index in [4.69, 9.17) is 10.9 Å². The van der Waals surface area contributed by atoms with Crippen molar-refractivity contribution in [1.29, 1.82) is 0 Å². The number of hydrazone groups is 3. The van der Waals surface area contributed by atoms with Crippen LogP contribution in [0.4, 0.5) is 0 Å². The van der Waals surface area contributed by atoms with Crippen molar-refractivity contribution in [2.75, 3.05) is 21.1 Å². The van der Waals surface area contributed by atoms with Gasteiger partial charge < -0.3 is 31.6 Å². The maximum Gasteiger partial charge on any atom is 0.124 e. The van der Waals surface area contributed by atoms with Crippen molar-refractivity contribution >= 4 is 18.6 Å². The van der Waals surface area contributed by atoms with E-state index >= 15 is 0 Å². The average molecular weight is 451 g/mol. The molecule has 0 heterocycles. The monoisotopic (exact) mass is 450 g/mol. The Morgan fingerprint density at radius 3 is 1.45 bits per heavy atom. The molecule has 0 unspecified atom stereocenters. The highest BCUT2D eigenvalue weighted by molar-refractivity contribution is 5.83. The number of nitrogens with two attached hydrogens (primary N) is 1. The van der Waals surface area contributed by atoms with Gasteiger partial charge >= 0.3 is 0 Å². The third-order valence-corrected chi connectivity index (χ3v) is 3.78. The summed E-state index contributed by atoms with van der Waals surface area (Å²) in [6, 6.07) is 21.0. The van der Waals surface area contributed by atoms with Crippen LogP contribution >= 0.6 is 0 Å². The maximum absolute atomic E-state index is 9.31. The van der Waals surface area contributed by atoms with Crippen molar-refractivity contribution in [2.45, 2.75) is 0 Å². The SMILES string of the molecule is CN(C)/N=C/c1ccccc1O.CN/N=C/c1ccccc1O.N/N=C/c1ccccc1O. The topological polar surface area (TPSA) is 139 Å². The summed E-state index contributed by atoms with van der Waals surface area (Å²) in [6.07, 6.45) is 4.58. The lowest BCUT2D eigenvalue weighted by atomic mass is 10.2. The van der Waals surface area contributed by atoms with Gasteiger partial charge in [-0.15, -0.1) is 0 Å². The van der Waals surface area contributed by atoms with Gasteiger partial charge in [0.2, 0.25) is 0 Å². The number of hydrogen-bond donors (Lipinski definition) is 5. The number of rotatable bonds is 5. The van der Waals surface area contributed by atoms with E-state index in [1.807, 2.05) is 32.3 Å². The highest BCUT2D eigenvalue weighted by atomic mass is 16.3. The number of nitrogens with zero attached hydrogens (tertiary/aromatic N) is 4. The van der Waals surface area contributed by atoms with E-state index in [-0.39, 0.29) is 17.2 Å². The van der Waals surface area contributed by atoms with Crippen molar-refractivity contribution in [3.05, 3.63) is 89.5 Å². The van der Waals surface area contributed by atoms with Gasteiger partial charge in [-0.1, -0.05) is 36.4 Å². The first-order chi connectivity index (χ1) is 15.9.